The van der Waals surface area contributed by atoms with E-state index in [1.54, 1.807) is 6.21 Å². The first-order chi connectivity index (χ1) is 13.9. The molecule has 0 aliphatic heterocycles. The zero-order valence-electron chi connectivity index (χ0n) is 18.1. The summed E-state index contributed by atoms with van der Waals surface area (Å²) in [6.45, 7) is 8.63. The zero-order valence-corrected chi connectivity index (χ0v) is 18.9. The minimum Gasteiger partial charge on any atom is -0.493 e. The van der Waals surface area contributed by atoms with Gasteiger partial charge in [-0.1, -0.05) is 39.0 Å². The standard InChI is InChI=1S/C23H31N3O3.ClH/c1-5-18-10-20(12-22(11-18)29-14-16(2)3)23(15-28-17(4)27)26-21-8-6-19(7-9-21)13-25-24;/h6-13,16,23,26H,5,14-15,24H2,1-4H3;1H. The lowest BCUT2D eigenvalue weighted by Gasteiger charge is -2.22. The number of nitrogens with two attached hydrogens (primary N) is 1. The number of ether oxygens (including phenoxy) is 2. The highest BCUT2D eigenvalue weighted by Gasteiger charge is 2.16. The van der Waals surface area contributed by atoms with Crippen molar-refractivity contribution in [2.45, 2.75) is 40.2 Å². The fraction of sp³-hybridized carbons (Fsp3) is 0.391. The number of esters is 1. The Labute approximate surface area is 185 Å². The summed E-state index contributed by atoms with van der Waals surface area (Å²) in [5.41, 5.74) is 4.00. The van der Waals surface area contributed by atoms with Crippen molar-refractivity contribution in [3.8, 4) is 5.75 Å². The van der Waals surface area contributed by atoms with E-state index in [9.17, 15) is 4.79 Å². The van der Waals surface area contributed by atoms with Gasteiger partial charge in [0, 0.05) is 12.6 Å². The lowest BCUT2D eigenvalue weighted by atomic mass is 10.0. The Balaban J connectivity index is 0.00000450. The second-order valence-electron chi connectivity index (χ2n) is 7.37. The molecule has 0 amide bonds. The number of anilines is 1. The van der Waals surface area contributed by atoms with Crippen LogP contribution in [-0.2, 0) is 16.0 Å². The maximum atomic E-state index is 11.4. The van der Waals surface area contributed by atoms with Gasteiger partial charge in [0.15, 0.2) is 0 Å². The molecular formula is C23H32ClN3O3. The predicted octanol–water partition coefficient (Wildman–Crippen LogP) is 4.71. The Morgan fingerprint density at radius 3 is 2.43 bits per heavy atom. The van der Waals surface area contributed by atoms with E-state index in [4.69, 9.17) is 15.3 Å². The number of halogens is 1. The van der Waals surface area contributed by atoms with E-state index in [0.29, 0.717) is 12.5 Å². The van der Waals surface area contributed by atoms with Gasteiger partial charge in [0.05, 0.1) is 18.9 Å². The highest BCUT2D eigenvalue weighted by Crippen LogP contribution is 2.27. The summed E-state index contributed by atoms with van der Waals surface area (Å²) < 4.78 is 11.3. The monoisotopic (exact) mass is 433 g/mol. The van der Waals surface area contributed by atoms with E-state index in [0.717, 1.165) is 29.0 Å². The number of hydrazone groups is 1. The second-order valence-corrected chi connectivity index (χ2v) is 7.37. The van der Waals surface area contributed by atoms with Crippen LogP contribution >= 0.6 is 12.4 Å². The van der Waals surface area contributed by atoms with Gasteiger partial charge in [-0.2, -0.15) is 5.10 Å². The van der Waals surface area contributed by atoms with Crippen LogP contribution in [0.3, 0.4) is 0 Å². The largest absolute Gasteiger partial charge is 0.493 e. The second kappa shape index (κ2) is 12.8. The summed E-state index contributed by atoms with van der Waals surface area (Å²) in [5, 5.41) is 6.99. The minimum atomic E-state index is -0.311. The number of hydrogen-bond donors (Lipinski definition) is 2. The van der Waals surface area contributed by atoms with E-state index in [1.807, 2.05) is 30.3 Å². The molecule has 0 spiro atoms. The van der Waals surface area contributed by atoms with Crippen molar-refractivity contribution in [2.75, 3.05) is 18.5 Å². The molecule has 0 saturated carbocycles. The average Bonchev–Trinajstić information content (AvgIpc) is 2.70. The molecule has 0 aliphatic carbocycles. The van der Waals surface area contributed by atoms with Crippen LogP contribution in [-0.4, -0.2) is 25.4 Å². The summed E-state index contributed by atoms with van der Waals surface area (Å²) >= 11 is 0. The first kappa shape index (κ1) is 25.3. The number of carbonyl (C=O) groups is 1. The summed E-state index contributed by atoms with van der Waals surface area (Å²) in [6.07, 6.45) is 2.47. The lowest BCUT2D eigenvalue weighted by Crippen LogP contribution is -2.19. The number of benzene rings is 2. The van der Waals surface area contributed by atoms with Crippen molar-refractivity contribution in [3.63, 3.8) is 0 Å². The summed E-state index contributed by atoms with van der Waals surface area (Å²) in [7, 11) is 0. The molecule has 0 saturated heterocycles. The topological polar surface area (TPSA) is 85.9 Å². The molecule has 0 radical (unpaired) electrons. The normalized spacial score (nSPS) is 11.8. The molecule has 1 atom stereocenters. The smallest absolute Gasteiger partial charge is 0.302 e. The maximum Gasteiger partial charge on any atom is 0.302 e. The number of hydrogen-bond acceptors (Lipinski definition) is 6. The third-order valence-corrected chi connectivity index (χ3v) is 4.31. The zero-order chi connectivity index (χ0) is 21.2. The van der Waals surface area contributed by atoms with E-state index < -0.39 is 0 Å². The Hall–Kier alpha value is -2.73. The first-order valence-electron chi connectivity index (χ1n) is 9.91. The first-order valence-corrected chi connectivity index (χ1v) is 9.91. The van der Waals surface area contributed by atoms with E-state index in [-0.39, 0.29) is 31.0 Å². The van der Waals surface area contributed by atoms with Gasteiger partial charge in [-0.15, -0.1) is 12.4 Å². The van der Waals surface area contributed by atoms with Crippen LogP contribution in [0, 0.1) is 5.92 Å². The molecule has 3 N–H and O–H groups in total. The molecule has 0 fully saturated rings. The Morgan fingerprint density at radius 2 is 1.87 bits per heavy atom. The number of nitrogens with zero attached hydrogens (tertiary/aromatic N) is 1. The van der Waals surface area contributed by atoms with Crippen molar-refractivity contribution in [2.24, 2.45) is 16.9 Å². The molecule has 6 nitrogen and oxygen atoms in total. The third-order valence-electron chi connectivity index (χ3n) is 4.31. The van der Waals surface area contributed by atoms with E-state index >= 15 is 0 Å². The number of carbonyl (C=O) groups excluding carboxylic acids is 1. The highest BCUT2D eigenvalue weighted by atomic mass is 35.5. The number of aryl methyl sites for hydroxylation is 1. The summed E-state index contributed by atoms with van der Waals surface area (Å²) in [5.74, 6) is 6.16. The molecule has 30 heavy (non-hydrogen) atoms. The van der Waals surface area contributed by atoms with Crippen molar-refractivity contribution in [1.29, 1.82) is 0 Å². The van der Waals surface area contributed by atoms with Crippen LogP contribution in [0.4, 0.5) is 5.69 Å². The van der Waals surface area contributed by atoms with Crippen LogP contribution in [0.25, 0.3) is 0 Å². The van der Waals surface area contributed by atoms with Crippen molar-refractivity contribution >= 4 is 30.3 Å². The molecule has 7 heteroatoms. The summed E-state index contributed by atoms with van der Waals surface area (Å²) in [6, 6.07) is 13.7. The number of rotatable bonds is 10. The van der Waals surface area contributed by atoms with Crippen LogP contribution in [0.1, 0.15) is 50.4 Å². The van der Waals surface area contributed by atoms with Gasteiger partial charge in [-0.05, 0) is 53.3 Å². The Kier molecular flexibility index (Phi) is 10.8. The fourth-order valence-corrected chi connectivity index (χ4v) is 2.81. The lowest BCUT2D eigenvalue weighted by molar-refractivity contribution is -0.141. The Bertz CT molecular complexity index is 823. The minimum absolute atomic E-state index is 0. The highest BCUT2D eigenvalue weighted by molar-refractivity contribution is 5.85. The molecule has 2 aromatic rings. The van der Waals surface area contributed by atoms with Gasteiger partial charge in [-0.25, -0.2) is 0 Å². The van der Waals surface area contributed by atoms with Crippen LogP contribution in [0.15, 0.2) is 47.6 Å². The molecule has 0 aliphatic rings. The van der Waals surface area contributed by atoms with Gasteiger partial charge in [0.25, 0.3) is 0 Å². The SMILES string of the molecule is CCc1cc(OCC(C)C)cc(C(COC(C)=O)Nc2ccc(C=NN)cc2)c1.Cl. The summed E-state index contributed by atoms with van der Waals surface area (Å²) in [4.78, 5) is 11.4. The van der Waals surface area contributed by atoms with Crippen LogP contribution < -0.4 is 15.9 Å². The van der Waals surface area contributed by atoms with Crippen molar-refractivity contribution in [3.05, 3.63) is 59.2 Å². The average molecular weight is 434 g/mol. The molecule has 2 aromatic carbocycles. The third kappa shape index (κ3) is 8.33. The molecule has 0 aromatic heterocycles. The number of nitrogens with one attached hydrogen (secondary N) is 1. The molecule has 164 valence electrons. The van der Waals surface area contributed by atoms with E-state index in [2.05, 4.69) is 43.3 Å². The van der Waals surface area contributed by atoms with Gasteiger partial charge >= 0.3 is 5.97 Å². The molecular weight excluding hydrogens is 402 g/mol. The quantitative estimate of drug-likeness (QED) is 0.245. The molecule has 2 rings (SSSR count). The maximum absolute atomic E-state index is 11.4. The van der Waals surface area contributed by atoms with Crippen LogP contribution in [0.5, 0.6) is 5.75 Å². The Morgan fingerprint density at radius 1 is 1.17 bits per heavy atom. The van der Waals surface area contributed by atoms with Gasteiger partial charge in [0.2, 0.25) is 0 Å². The van der Waals surface area contributed by atoms with Gasteiger partial charge in [0.1, 0.15) is 12.4 Å². The van der Waals surface area contributed by atoms with Gasteiger partial charge < -0.3 is 20.6 Å². The van der Waals surface area contributed by atoms with Gasteiger partial charge in [-0.3, -0.25) is 4.79 Å². The molecule has 0 bridgehead atoms. The molecule has 1 unspecified atom stereocenters. The molecule has 0 heterocycles. The van der Waals surface area contributed by atoms with Crippen molar-refractivity contribution < 1.29 is 14.3 Å². The van der Waals surface area contributed by atoms with Crippen LogP contribution in [0.2, 0.25) is 0 Å². The van der Waals surface area contributed by atoms with E-state index in [1.165, 1.54) is 12.5 Å². The fourth-order valence-electron chi connectivity index (χ4n) is 2.81. The predicted molar refractivity (Wildman–Crippen MR) is 125 cm³/mol. The van der Waals surface area contributed by atoms with Crippen molar-refractivity contribution in [1.82, 2.24) is 0 Å².